The second-order valence-corrected chi connectivity index (χ2v) is 6.97. The Labute approximate surface area is 172 Å². The fourth-order valence-electron chi connectivity index (χ4n) is 2.68. The number of anilines is 1. The van der Waals surface area contributed by atoms with Crippen LogP contribution in [-0.2, 0) is 13.2 Å². The quantitative estimate of drug-likeness (QED) is 0.493. The summed E-state index contributed by atoms with van der Waals surface area (Å²) in [5.74, 6) is 0.357. The smallest absolute Gasteiger partial charge is 0.335 e. The van der Waals surface area contributed by atoms with Crippen LogP contribution in [0.2, 0.25) is 0 Å². The van der Waals surface area contributed by atoms with Gasteiger partial charge in [-0.15, -0.1) is 0 Å². The van der Waals surface area contributed by atoms with Crippen LogP contribution in [0.1, 0.15) is 21.5 Å². The number of carbonyl (C=O) groups is 1. The van der Waals surface area contributed by atoms with Crippen LogP contribution < -0.4 is 14.8 Å². The van der Waals surface area contributed by atoms with Crippen molar-refractivity contribution in [2.24, 2.45) is 0 Å². The molecule has 0 heterocycles. The summed E-state index contributed by atoms with van der Waals surface area (Å²) in [7, 11) is 1.61. The zero-order valence-electron chi connectivity index (χ0n) is 15.3. The molecule has 0 unspecified atom stereocenters. The molecule has 3 aromatic rings. The van der Waals surface area contributed by atoms with Crippen molar-refractivity contribution in [2.45, 2.75) is 13.2 Å². The largest absolute Gasteiger partial charge is 0.493 e. The van der Waals surface area contributed by atoms with Crippen LogP contribution in [0, 0.1) is 0 Å². The Morgan fingerprint density at radius 2 is 1.75 bits per heavy atom. The van der Waals surface area contributed by atoms with Crippen LogP contribution in [-0.4, -0.2) is 18.2 Å². The highest BCUT2D eigenvalue weighted by Crippen LogP contribution is 2.37. The maximum atomic E-state index is 10.9. The highest BCUT2D eigenvalue weighted by Gasteiger charge is 2.12. The molecule has 0 saturated heterocycles. The summed E-state index contributed by atoms with van der Waals surface area (Å²) in [6.07, 6.45) is 0. The summed E-state index contributed by atoms with van der Waals surface area (Å²) in [4.78, 5) is 10.9. The fourth-order valence-corrected chi connectivity index (χ4v) is 3.28. The number of ether oxygens (including phenoxy) is 2. The second-order valence-electron chi connectivity index (χ2n) is 6.12. The lowest BCUT2D eigenvalue weighted by Crippen LogP contribution is -2.03. The Morgan fingerprint density at radius 1 is 1.04 bits per heavy atom. The monoisotopic (exact) mass is 441 g/mol. The minimum atomic E-state index is -0.939. The molecular formula is C22H20BrNO4. The molecule has 3 rings (SSSR count). The van der Waals surface area contributed by atoms with Crippen molar-refractivity contribution in [1.29, 1.82) is 0 Å². The molecule has 2 N–H and O–H groups in total. The van der Waals surface area contributed by atoms with Crippen molar-refractivity contribution in [3.8, 4) is 11.5 Å². The molecule has 0 aliphatic heterocycles. The van der Waals surface area contributed by atoms with Crippen LogP contribution in [0.15, 0.2) is 71.2 Å². The van der Waals surface area contributed by atoms with Crippen LogP contribution in [0.5, 0.6) is 11.5 Å². The van der Waals surface area contributed by atoms with Crippen molar-refractivity contribution in [3.63, 3.8) is 0 Å². The first-order valence-electron chi connectivity index (χ1n) is 8.67. The molecule has 0 saturated carbocycles. The number of hydrogen-bond donors (Lipinski definition) is 2. The van der Waals surface area contributed by atoms with Gasteiger partial charge >= 0.3 is 5.97 Å². The number of aromatic carboxylic acids is 1. The predicted octanol–water partition coefficient (Wildman–Crippen LogP) is 5.35. The van der Waals surface area contributed by atoms with E-state index in [0.717, 1.165) is 21.3 Å². The molecule has 0 fully saturated rings. The van der Waals surface area contributed by atoms with E-state index in [9.17, 15) is 4.79 Å². The Morgan fingerprint density at radius 3 is 2.39 bits per heavy atom. The highest BCUT2D eigenvalue weighted by molar-refractivity contribution is 9.10. The van der Waals surface area contributed by atoms with Gasteiger partial charge in [0.05, 0.1) is 17.1 Å². The van der Waals surface area contributed by atoms with E-state index in [4.69, 9.17) is 14.6 Å². The first-order chi connectivity index (χ1) is 13.6. The predicted molar refractivity (Wildman–Crippen MR) is 112 cm³/mol. The molecule has 0 bridgehead atoms. The first-order valence-corrected chi connectivity index (χ1v) is 9.46. The molecular weight excluding hydrogens is 422 g/mol. The van der Waals surface area contributed by atoms with E-state index < -0.39 is 5.97 Å². The third kappa shape index (κ3) is 5.04. The molecule has 0 radical (unpaired) electrons. The summed E-state index contributed by atoms with van der Waals surface area (Å²) in [5.41, 5.74) is 3.17. The number of methoxy groups -OCH3 is 1. The minimum Gasteiger partial charge on any atom is -0.493 e. The number of carboxylic acid groups (broad SMARTS) is 1. The van der Waals surface area contributed by atoms with E-state index in [-0.39, 0.29) is 5.56 Å². The number of benzene rings is 3. The zero-order valence-corrected chi connectivity index (χ0v) is 16.9. The number of rotatable bonds is 8. The van der Waals surface area contributed by atoms with Crippen molar-refractivity contribution in [1.82, 2.24) is 0 Å². The number of hydrogen-bond acceptors (Lipinski definition) is 4. The molecule has 6 heteroatoms. The molecule has 0 aliphatic rings. The average Bonchev–Trinajstić information content (AvgIpc) is 2.72. The Balaban J connectivity index is 1.69. The minimum absolute atomic E-state index is 0.259. The van der Waals surface area contributed by atoms with Crippen molar-refractivity contribution >= 4 is 27.6 Å². The van der Waals surface area contributed by atoms with Gasteiger partial charge in [-0.25, -0.2) is 4.79 Å². The SMILES string of the molecule is COc1cc(CNc2ccc(C(=O)O)cc2)cc(Br)c1OCc1ccccc1. The lowest BCUT2D eigenvalue weighted by Gasteiger charge is -2.15. The summed E-state index contributed by atoms with van der Waals surface area (Å²) in [6, 6.07) is 20.5. The Hall–Kier alpha value is -2.99. The van der Waals surface area contributed by atoms with Crippen LogP contribution in [0.3, 0.4) is 0 Å². The van der Waals surface area contributed by atoms with E-state index in [1.54, 1.807) is 31.4 Å². The van der Waals surface area contributed by atoms with Gasteiger partial charge in [0.2, 0.25) is 0 Å². The molecule has 0 amide bonds. The molecule has 0 aromatic heterocycles. The summed E-state index contributed by atoms with van der Waals surface area (Å²) in [5, 5.41) is 12.2. The van der Waals surface area contributed by atoms with Gasteiger partial charge in [0.1, 0.15) is 6.61 Å². The fraction of sp³-hybridized carbons (Fsp3) is 0.136. The van der Waals surface area contributed by atoms with Gasteiger partial charge in [0.15, 0.2) is 11.5 Å². The standard InChI is InChI=1S/C22H20BrNO4/c1-27-20-12-16(13-24-18-9-7-17(8-10-18)22(25)26)11-19(23)21(20)28-14-15-5-3-2-4-6-15/h2-12,24H,13-14H2,1H3,(H,25,26). The van der Waals surface area contributed by atoms with Gasteiger partial charge in [-0.3, -0.25) is 0 Å². The summed E-state index contributed by atoms with van der Waals surface area (Å²) >= 11 is 3.57. The number of carboxylic acids is 1. The Kier molecular flexibility index (Phi) is 6.55. The normalized spacial score (nSPS) is 10.4. The second kappa shape index (κ2) is 9.28. The molecule has 0 spiro atoms. The number of halogens is 1. The van der Waals surface area contributed by atoms with E-state index in [2.05, 4.69) is 21.2 Å². The zero-order chi connectivity index (χ0) is 19.9. The molecule has 0 atom stereocenters. The third-order valence-corrected chi connectivity index (χ3v) is 4.73. The Bertz CT molecular complexity index is 943. The van der Waals surface area contributed by atoms with Crippen LogP contribution in [0.4, 0.5) is 5.69 Å². The van der Waals surface area contributed by atoms with Gasteiger partial charge in [-0.05, 0) is 63.5 Å². The van der Waals surface area contributed by atoms with Crippen LogP contribution >= 0.6 is 15.9 Å². The molecule has 28 heavy (non-hydrogen) atoms. The van der Waals surface area contributed by atoms with Gasteiger partial charge in [0.25, 0.3) is 0 Å². The topological polar surface area (TPSA) is 67.8 Å². The highest BCUT2D eigenvalue weighted by atomic mass is 79.9. The van der Waals surface area contributed by atoms with Crippen molar-refractivity contribution < 1.29 is 19.4 Å². The van der Waals surface area contributed by atoms with Crippen molar-refractivity contribution in [3.05, 3.63) is 87.9 Å². The summed E-state index contributed by atoms with van der Waals surface area (Å²) in [6.45, 7) is 1.00. The summed E-state index contributed by atoms with van der Waals surface area (Å²) < 4.78 is 12.3. The van der Waals surface area contributed by atoms with E-state index in [1.807, 2.05) is 42.5 Å². The maximum Gasteiger partial charge on any atom is 0.335 e. The van der Waals surface area contributed by atoms with E-state index in [1.165, 1.54) is 0 Å². The average molecular weight is 442 g/mol. The van der Waals surface area contributed by atoms with Gasteiger partial charge < -0.3 is 19.9 Å². The lowest BCUT2D eigenvalue weighted by molar-refractivity contribution is 0.0697. The molecule has 144 valence electrons. The first kappa shape index (κ1) is 19.8. The van der Waals surface area contributed by atoms with Gasteiger partial charge in [-0.2, -0.15) is 0 Å². The van der Waals surface area contributed by atoms with Crippen molar-refractivity contribution in [2.75, 3.05) is 12.4 Å². The lowest BCUT2D eigenvalue weighted by atomic mass is 10.1. The number of nitrogens with one attached hydrogen (secondary N) is 1. The van der Waals surface area contributed by atoms with Gasteiger partial charge in [0, 0.05) is 12.2 Å². The van der Waals surface area contributed by atoms with E-state index >= 15 is 0 Å². The maximum absolute atomic E-state index is 10.9. The van der Waals surface area contributed by atoms with E-state index in [0.29, 0.717) is 24.7 Å². The molecule has 0 aliphatic carbocycles. The molecule has 3 aromatic carbocycles. The van der Waals surface area contributed by atoms with Gasteiger partial charge in [-0.1, -0.05) is 30.3 Å². The van der Waals surface area contributed by atoms with Crippen LogP contribution in [0.25, 0.3) is 0 Å². The third-order valence-electron chi connectivity index (χ3n) is 4.14. The molecule has 5 nitrogen and oxygen atoms in total.